The van der Waals surface area contributed by atoms with E-state index in [-0.39, 0.29) is 34.5 Å². The van der Waals surface area contributed by atoms with Gasteiger partial charge < -0.3 is 4.90 Å². The summed E-state index contributed by atoms with van der Waals surface area (Å²) in [4.78, 5) is 14.7. The van der Waals surface area contributed by atoms with E-state index in [1.165, 1.54) is 28.8 Å². The Morgan fingerprint density at radius 1 is 1.38 bits per heavy atom. The minimum absolute atomic E-state index is 0.0448. The second-order valence-corrected chi connectivity index (χ2v) is 8.86. The van der Waals surface area contributed by atoms with Crippen molar-refractivity contribution >= 4 is 27.5 Å². The number of rotatable bonds is 4. The van der Waals surface area contributed by atoms with E-state index >= 15 is 0 Å². The van der Waals surface area contributed by atoms with Crippen LogP contribution >= 0.6 is 11.8 Å². The first kappa shape index (κ1) is 16.3. The first-order valence-electron chi connectivity index (χ1n) is 6.68. The van der Waals surface area contributed by atoms with E-state index in [2.05, 4.69) is 0 Å². The van der Waals surface area contributed by atoms with E-state index in [1.807, 2.05) is 0 Å². The molecule has 7 heteroatoms. The van der Waals surface area contributed by atoms with Crippen molar-refractivity contribution < 1.29 is 17.6 Å². The van der Waals surface area contributed by atoms with Crippen LogP contribution in [-0.4, -0.2) is 49.1 Å². The third kappa shape index (κ3) is 4.20. The van der Waals surface area contributed by atoms with E-state index in [4.69, 9.17) is 0 Å². The van der Waals surface area contributed by atoms with Crippen molar-refractivity contribution in [2.75, 3.05) is 18.6 Å². The highest BCUT2D eigenvalue weighted by atomic mass is 32.2. The first-order valence-corrected chi connectivity index (χ1v) is 9.38. The van der Waals surface area contributed by atoms with Crippen LogP contribution in [0.5, 0.6) is 0 Å². The maximum Gasteiger partial charge on any atom is 0.235 e. The van der Waals surface area contributed by atoms with Crippen LogP contribution in [0.1, 0.15) is 13.3 Å². The second-order valence-electron chi connectivity index (χ2n) is 5.22. The van der Waals surface area contributed by atoms with Crippen LogP contribution in [0.3, 0.4) is 0 Å². The van der Waals surface area contributed by atoms with Gasteiger partial charge in [0.25, 0.3) is 0 Å². The lowest BCUT2D eigenvalue weighted by Crippen LogP contribution is -2.41. The predicted octanol–water partition coefficient (Wildman–Crippen LogP) is 1.95. The minimum atomic E-state index is -3.01. The molecule has 0 spiro atoms. The summed E-state index contributed by atoms with van der Waals surface area (Å²) in [5.41, 5.74) is 0. The number of carbonyl (C=O) groups excluding carboxylic acids is 1. The number of hydrogen-bond donors (Lipinski definition) is 0. The van der Waals surface area contributed by atoms with Gasteiger partial charge in [-0.1, -0.05) is 0 Å². The van der Waals surface area contributed by atoms with Crippen molar-refractivity contribution in [3.8, 4) is 0 Å². The third-order valence-corrected chi connectivity index (χ3v) is 6.43. The number of halogens is 1. The molecule has 0 radical (unpaired) electrons. The summed E-state index contributed by atoms with van der Waals surface area (Å²) in [5, 5.41) is -0.344. The molecular weight excluding hydrogens is 313 g/mol. The van der Waals surface area contributed by atoms with Crippen molar-refractivity contribution in [2.45, 2.75) is 29.5 Å². The van der Waals surface area contributed by atoms with Gasteiger partial charge in [-0.2, -0.15) is 0 Å². The Labute approximate surface area is 128 Å². The minimum Gasteiger partial charge on any atom is -0.341 e. The van der Waals surface area contributed by atoms with Crippen LogP contribution in [0.4, 0.5) is 4.39 Å². The molecule has 21 heavy (non-hydrogen) atoms. The lowest BCUT2D eigenvalue weighted by molar-refractivity contribution is -0.130. The van der Waals surface area contributed by atoms with E-state index < -0.39 is 9.84 Å². The van der Waals surface area contributed by atoms with Crippen LogP contribution in [-0.2, 0) is 14.6 Å². The van der Waals surface area contributed by atoms with Crippen molar-refractivity contribution in [3.63, 3.8) is 0 Å². The molecule has 0 unspecified atom stereocenters. The molecule has 0 aliphatic carbocycles. The van der Waals surface area contributed by atoms with Gasteiger partial charge >= 0.3 is 0 Å². The average Bonchev–Trinajstić information content (AvgIpc) is 2.80. The largest absolute Gasteiger partial charge is 0.341 e. The van der Waals surface area contributed by atoms with E-state index in [1.54, 1.807) is 26.1 Å². The Morgan fingerprint density at radius 2 is 2.00 bits per heavy atom. The Kier molecular flexibility index (Phi) is 4.93. The zero-order valence-electron chi connectivity index (χ0n) is 12.0. The summed E-state index contributed by atoms with van der Waals surface area (Å²) >= 11 is 1.34. The van der Waals surface area contributed by atoms with Crippen LogP contribution in [0.2, 0.25) is 0 Å². The molecule has 0 saturated carbocycles. The van der Waals surface area contributed by atoms with E-state index in [9.17, 15) is 17.6 Å². The fourth-order valence-electron chi connectivity index (χ4n) is 2.32. The Balaban J connectivity index is 1.97. The van der Waals surface area contributed by atoms with Gasteiger partial charge in [0.05, 0.1) is 16.8 Å². The molecule has 1 aliphatic rings. The van der Waals surface area contributed by atoms with Crippen molar-refractivity contribution in [1.82, 2.24) is 4.90 Å². The number of benzene rings is 1. The number of amides is 1. The SMILES string of the molecule is C[C@@H](Sc1ccc(F)cc1)C(=O)N(C)[C@H]1CCS(=O)(=O)C1. The second kappa shape index (κ2) is 6.36. The molecule has 1 amide bonds. The lowest BCUT2D eigenvalue weighted by atomic mass is 10.2. The molecule has 4 nitrogen and oxygen atoms in total. The molecule has 1 saturated heterocycles. The molecule has 0 aromatic heterocycles. The normalized spacial score (nSPS) is 22.0. The lowest BCUT2D eigenvalue weighted by Gasteiger charge is -2.26. The molecule has 1 heterocycles. The number of thioether (sulfide) groups is 1. The van der Waals surface area contributed by atoms with Crippen LogP contribution in [0, 0.1) is 5.82 Å². The fraction of sp³-hybridized carbons (Fsp3) is 0.500. The Bertz CT molecular complexity index is 616. The number of hydrogen-bond acceptors (Lipinski definition) is 4. The van der Waals surface area contributed by atoms with E-state index in [0.29, 0.717) is 6.42 Å². The first-order chi connectivity index (χ1) is 9.78. The molecule has 1 aromatic rings. The van der Waals surface area contributed by atoms with Crippen molar-refractivity contribution in [1.29, 1.82) is 0 Å². The number of sulfone groups is 1. The third-order valence-electron chi connectivity index (χ3n) is 3.58. The number of nitrogens with zero attached hydrogens (tertiary/aromatic N) is 1. The maximum absolute atomic E-state index is 12.8. The zero-order valence-corrected chi connectivity index (χ0v) is 13.6. The van der Waals surface area contributed by atoms with Crippen LogP contribution in [0.25, 0.3) is 0 Å². The van der Waals surface area contributed by atoms with Gasteiger partial charge in [-0.15, -0.1) is 11.8 Å². The maximum atomic E-state index is 12.8. The van der Waals surface area contributed by atoms with Gasteiger partial charge in [0, 0.05) is 18.0 Å². The molecule has 0 bridgehead atoms. The van der Waals surface area contributed by atoms with Crippen LogP contribution in [0.15, 0.2) is 29.2 Å². The van der Waals surface area contributed by atoms with Crippen molar-refractivity contribution in [2.24, 2.45) is 0 Å². The zero-order chi connectivity index (χ0) is 15.6. The number of carbonyl (C=O) groups is 1. The van der Waals surface area contributed by atoms with Gasteiger partial charge in [0.1, 0.15) is 5.82 Å². The molecule has 1 fully saturated rings. The molecule has 0 N–H and O–H groups in total. The van der Waals surface area contributed by atoms with Gasteiger partial charge in [-0.3, -0.25) is 4.79 Å². The smallest absolute Gasteiger partial charge is 0.235 e. The topological polar surface area (TPSA) is 54.5 Å². The highest BCUT2D eigenvalue weighted by molar-refractivity contribution is 8.00. The van der Waals surface area contributed by atoms with Gasteiger partial charge in [-0.25, -0.2) is 12.8 Å². The highest BCUT2D eigenvalue weighted by Crippen LogP contribution is 2.26. The molecule has 1 aliphatic heterocycles. The predicted molar refractivity (Wildman–Crippen MR) is 81.5 cm³/mol. The summed E-state index contributed by atoms with van der Waals surface area (Å²) in [5.74, 6) is -0.226. The quantitative estimate of drug-likeness (QED) is 0.792. The summed E-state index contributed by atoms with van der Waals surface area (Å²) in [7, 11) is -1.36. The molecular formula is C14H18FNO3S2. The molecule has 2 atom stereocenters. The standard InChI is InChI=1S/C14H18FNO3S2/c1-10(20-13-5-3-11(15)4-6-13)14(17)16(2)12-7-8-21(18,19)9-12/h3-6,10,12H,7-9H2,1-2H3/t10-,12+/m1/s1. The van der Waals surface area contributed by atoms with Crippen molar-refractivity contribution in [3.05, 3.63) is 30.1 Å². The average molecular weight is 331 g/mol. The summed E-state index contributed by atoms with van der Waals surface area (Å²) in [6.07, 6.45) is 0.499. The monoisotopic (exact) mass is 331 g/mol. The molecule has 116 valence electrons. The molecule has 1 aromatic carbocycles. The summed E-state index contributed by atoms with van der Waals surface area (Å²) in [6.45, 7) is 1.77. The Hall–Kier alpha value is -1.08. The fourth-order valence-corrected chi connectivity index (χ4v) is 5.06. The molecule has 2 rings (SSSR count). The summed E-state index contributed by atoms with van der Waals surface area (Å²) < 4.78 is 35.8. The summed E-state index contributed by atoms with van der Waals surface area (Å²) in [6, 6.07) is 5.73. The van der Waals surface area contributed by atoms with Gasteiger partial charge in [-0.05, 0) is 37.6 Å². The van der Waals surface area contributed by atoms with Gasteiger partial charge in [0.15, 0.2) is 9.84 Å². The van der Waals surface area contributed by atoms with Crippen LogP contribution < -0.4 is 0 Å². The highest BCUT2D eigenvalue weighted by Gasteiger charge is 2.34. The Morgan fingerprint density at radius 3 is 2.52 bits per heavy atom. The van der Waals surface area contributed by atoms with E-state index in [0.717, 1.165) is 4.90 Å². The van der Waals surface area contributed by atoms with Gasteiger partial charge in [0.2, 0.25) is 5.91 Å².